The fourth-order valence-electron chi connectivity index (χ4n) is 1.91. The second-order valence-corrected chi connectivity index (χ2v) is 8.05. The number of carbonyl (C=O) groups is 1. The van der Waals surface area contributed by atoms with E-state index in [1.54, 1.807) is 6.08 Å². The first-order valence-corrected chi connectivity index (χ1v) is 8.23. The molecule has 0 saturated carbocycles. The van der Waals surface area contributed by atoms with E-state index >= 15 is 0 Å². The summed E-state index contributed by atoms with van der Waals surface area (Å²) in [6, 6.07) is 9.78. The molecule has 1 aromatic carbocycles. The van der Waals surface area contributed by atoms with Gasteiger partial charge >= 0.3 is 0 Å². The van der Waals surface area contributed by atoms with E-state index in [-0.39, 0.29) is 16.3 Å². The Morgan fingerprint density at radius 2 is 2.00 bits per heavy atom. The first kappa shape index (κ1) is 17.5. The maximum absolute atomic E-state index is 11.9. The molecule has 23 heavy (non-hydrogen) atoms. The van der Waals surface area contributed by atoms with E-state index in [1.165, 1.54) is 18.0 Å². The van der Waals surface area contributed by atoms with Crippen LogP contribution in [0.25, 0.3) is 12.2 Å². The zero-order chi connectivity index (χ0) is 16.9. The second-order valence-electron chi connectivity index (χ2n) is 6.16. The Bertz CT molecular complexity index is 671. The van der Waals surface area contributed by atoms with Crippen LogP contribution in [0.15, 0.2) is 41.0 Å². The maximum atomic E-state index is 11.9. The van der Waals surface area contributed by atoms with Crippen molar-refractivity contribution in [1.82, 2.24) is 4.98 Å². The summed E-state index contributed by atoms with van der Waals surface area (Å²) in [6.45, 7) is 5.89. The van der Waals surface area contributed by atoms with Gasteiger partial charge in [-0.1, -0.05) is 62.9 Å². The number of thioether (sulfide) groups is 1. The molecule has 0 saturated heterocycles. The van der Waals surface area contributed by atoms with Gasteiger partial charge in [0.05, 0.1) is 0 Å². The third-order valence-electron chi connectivity index (χ3n) is 2.88. The van der Waals surface area contributed by atoms with Crippen LogP contribution in [0.4, 0.5) is 0 Å². The number of nitrogens with zero attached hydrogens (tertiary/aromatic N) is 1. The molecule has 2 aromatic rings. The molecule has 0 aliphatic heterocycles. The fourth-order valence-corrected chi connectivity index (χ4v) is 2.83. The van der Waals surface area contributed by atoms with Gasteiger partial charge in [-0.25, -0.2) is 4.98 Å². The molecule has 4 nitrogen and oxygen atoms in total. The van der Waals surface area contributed by atoms with Crippen molar-refractivity contribution in [1.29, 1.82) is 0 Å². The minimum absolute atomic E-state index is 0.0241. The summed E-state index contributed by atoms with van der Waals surface area (Å²) in [5, 5.41) is 10.0. The quantitative estimate of drug-likeness (QED) is 0.883. The number of rotatable bonds is 5. The van der Waals surface area contributed by atoms with E-state index in [4.69, 9.17) is 4.42 Å². The molecule has 0 bridgehead atoms. The molecule has 0 fully saturated rings. The van der Waals surface area contributed by atoms with Crippen LogP contribution in [0.5, 0.6) is 0 Å². The van der Waals surface area contributed by atoms with Gasteiger partial charge in [0.2, 0.25) is 5.89 Å². The predicted molar refractivity (Wildman–Crippen MR) is 93.8 cm³/mol. The van der Waals surface area contributed by atoms with Crippen molar-refractivity contribution in [3.63, 3.8) is 0 Å². The van der Waals surface area contributed by atoms with Crippen LogP contribution in [0.2, 0.25) is 0 Å². The molecule has 0 amide bonds. The third kappa shape index (κ3) is 6.04. The lowest BCUT2D eigenvalue weighted by Gasteiger charge is -2.16. The van der Waals surface area contributed by atoms with Gasteiger partial charge in [-0.3, -0.25) is 4.79 Å². The van der Waals surface area contributed by atoms with Crippen LogP contribution in [0.3, 0.4) is 0 Å². The number of oxazole rings is 1. The Morgan fingerprint density at radius 3 is 2.65 bits per heavy atom. The molecular weight excluding hydrogens is 310 g/mol. The Morgan fingerprint density at radius 1 is 1.30 bits per heavy atom. The summed E-state index contributed by atoms with van der Waals surface area (Å²) >= 11 is 1.22. The van der Waals surface area contributed by atoms with Crippen molar-refractivity contribution < 1.29 is 14.3 Å². The highest BCUT2D eigenvalue weighted by Gasteiger charge is 2.21. The van der Waals surface area contributed by atoms with E-state index in [9.17, 15) is 9.90 Å². The van der Waals surface area contributed by atoms with Gasteiger partial charge in [-0.05, 0) is 11.6 Å². The minimum Gasteiger partial charge on any atom is -0.445 e. The van der Waals surface area contributed by atoms with Crippen LogP contribution in [0, 0.1) is 0 Å². The highest BCUT2D eigenvalue weighted by molar-refractivity contribution is 8.14. The second kappa shape index (κ2) is 7.62. The van der Waals surface area contributed by atoms with Crippen molar-refractivity contribution in [2.75, 3.05) is 0 Å². The van der Waals surface area contributed by atoms with Crippen molar-refractivity contribution in [2.24, 2.45) is 0 Å². The van der Waals surface area contributed by atoms with Crippen molar-refractivity contribution in [2.45, 2.75) is 38.0 Å². The Balaban J connectivity index is 1.96. The Labute approximate surface area is 140 Å². The van der Waals surface area contributed by atoms with E-state index < -0.39 is 6.10 Å². The molecule has 122 valence electrons. The highest BCUT2D eigenvalue weighted by atomic mass is 32.2. The number of carbonyl (C=O) groups excluding carboxylic acids is 1. The van der Waals surface area contributed by atoms with Crippen LogP contribution in [0.1, 0.15) is 50.4 Å². The van der Waals surface area contributed by atoms with Crippen LogP contribution < -0.4 is 0 Å². The largest absolute Gasteiger partial charge is 0.445 e. The summed E-state index contributed by atoms with van der Waals surface area (Å²) in [4.78, 5) is 16.1. The molecule has 2 rings (SSSR count). The van der Waals surface area contributed by atoms with Crippen molar-refractivity contribution in [3.8, 4) is 0 Å². The summed E-state index contributed by atoms with van der Waals surface area (Å²) in [7, 11) is 0. The van der Waals surface area contributed by atoms with Gasteiger partial charge in [-0.2, -0.15) is 0 Å². The van der Waals surface area contributed by atoms with E-state index in [2.05, 4.69) is 4.98 Å². The number of aliphatic hydroxyl groups excluding tert-OH is 1. The molecule has 0 unspecified atom stereocenters. The molecule has 0 aliphatic rings. The van der Waals surface area contributed by atoms with Crippen molar-refractivity contribution >= 4 is 29.0 Å². The van der Waals surface area contributed by atoms with Gasteiger partial charge in [0.25, 0.3) is 0 Å². The molecule has 0 radical (unpaired) electrons. The van der Waals surface area contributed by atoms with Gasteiger partial charge in [0.15, 0.2) is 5.12 Å². The topological polar surface area (TPSA) is 63.3 Å². The van der Waals surface area contributed by atoms with E-state index in [0.29, 0.717) is 11.6 Å². The molecule has 0 aliphatic carbocycles. The maximum Gasteiger partial charge on any atom is 0.218 e. The van der Waals surface area contributed by atoms with Gasteiger partial charge < -0.3 is 9.52 Å². The van der Waals surface area contributed by atoms with Crippen LogP contribution in [-0.4, -0.2) is 20.0 Å². The molecule has 1 atom stereocenters. The number of aromatic nitrogens is 1. The Hall–Kier alpha value is -1.85. The first-order valence-electron chi connectivity index (χ1n) is 7.42. The summed E-state index contributed by atoms with van der Waals surface area (Å²) < 4.78 is 5.15. The average Bonchev–Trinajstić information content (AvgIpc) is 2.93. The van der Waals surface area contributed by atoms with Gasteiger partial charge in [0, 0.05) is 17.2 Å². The molecule has 1 N–H and O–H groups in total. The minimum atomic E-state index is -0.944. The third-order valence-corrected chi connectivity index (χ3v) is 3.89. The van der Waals surface area contributed by atoms with Gasteiger partial charge in [-0.15, -0.1) is 0 Å². The van der Waals surface area contributed by atoms with Crippen LogP contribution in [-0.2, 0) is 4.79 Å². The zero-order valence-corrected chi connectivity index (χ0v) is 14.3. The summed E-state index contributed by atoms with van der Waals surface area (Å²) in [5.74, 6) is 0.402. The van der Waals surface area contributed by atoms with E-state index in [1.807, 2.05) is 57.2 Å². The zero-order valence-electron chi connectivity index (χ0n) is 13.5. The van der Waals surface area contributed by atoms with E-state index in [0.717, 1.165) is 5.56 Å². The smallest absolute Gasteiger partial charge is 0.218 e. The molecule has 0 spiro atoms. The average molecular weight is 331 g/mol. The molecular formula is C18H21NO3S. The molecule has 5 heteroatoms. The monoisotopic (exact) mass is 331 g/mol. The molecule has 1 aromatic heterocycles. The van der Waals surface area contributed by atoms with Crippen molar-refractivity contribution in [3.05, 3.63) is 53.7 Å². The predicted octanol–water partition coefficient (Wildman–Crippen LogP) is 4.33. The number of aliphatic hydroxyl groups is 1. The van der Waals surface area contributed by atoms with Crippen LogP contribution >= 0.6 is 11.8 Å². The number of hydrogen-bond acceptors (Lipinski definition) is 5. The first-order chi connectivity index (χ1) is 10.8. The number of hydrogen-bond donors (Lipinski definition) is 1. The lowest BCUT2D eigenvalue weighted by molar-refractivity contribution is -0.112. The lowest BCUT2D eigenvalue weighted by atomic mass is 10.2. The SMILES string of the molecule is CC(C)(C)SC(=O)C[C@@H](O)c1coc(/C=C/c2ccccc2)n1. The standard InChI is InChI=1S/C18H21NO3S/c1-18(2,3)23-17(21)11-15(20)14-12-22-16(19-14)10-9-13-7-5-4-6-8-13/h4-10,12,15,20H,11H2,1-3H3/b10-9+/t15-/m1/s1. The fraction of sp³-hybridized carbons (Fsp3) is 0.333. The summed E-state index contributed by atoms with van der Waals surface area (Å²) in [6.07, 6.45) is 4.08. The number of benzene rings is 1. The van der Waals surface area contributed by atoms with Gasteiger partial charge in [0.1, 0.15) is 18.1 Å². The summed E-state index contributed by atoms with van der Waals surface area (Å²) in [5.41, 5.74) is 1.41. The lowest BCUT2D eigenvalue weighted by Crippen LogP contribution is -2.14. The Kier molecular flexibility index (Phi) is 5.80. The molecule has 1 heterocycles. The highest BCUT2D eigenvalue weighted by Crippen LogP contribution is 2.28. The normalized spacial score (nSPS) is 13.4.